The van der Waals surface area contributed by atoms with E-state index in [2.05, 4.69) is 292 Å². The number of rotatable bonds is 9. The molecule has 0 spiro atoms. The Bertz CT molecular complexity index is 4160. The van der Waals surface area contributed by atoms with Crippen LogP contribution >= 0.6 is 0 Å². The average Bonchev–Trinajstić information content (AvgIpc) is 4.13. The summed E-state index contributed by atoms with van der Waals surface area (Å²) in [5.74, 6) is 0.646. The van der Waals surface area contributed by atoms with Gasteiger partial charge in [-0.15, -0.1) is 0 Å². The first-order valence-corrected chi connectivity index (χ1v) is 26.9. The highest BCUT2D eigenvalue weighted by Gasteiger charge is 2.22. The lowest BCUT2D eigenvalue weighted by Crippen LogP contribution is -2.02. The first-order chi connectivity index (χ1) is 38.3. The van der Waals surface area contributed by atoms with Gasteiger partial charge < -0.3 is 9.13 Å². The lowest BCUT2D eigenvalue weighted by atomic mass is 9.97. The van der Waals surface area contributed by atoms with Gasteiger partial charge in [-0.05, 0) is 167 Å². The van der Waals surface area contributed by atoms with E-state index in [0.29, 0.717) is 5.82 Å². The molecule has 4 heteroatoms. The largest absolute Gasteiger partial charge is 0.309 e. The van der Waals surface area contributed by atoms with Crippen molar-refractivity contribution in [1.29, 1.82) is 0 Å². The third-order valence-corrected chi connectivity index (χ3v) is 15.9. The Balaban J connectivity index is 1.08. The second-order valence-electron chi connectivity index (χ2n) is 20.8. The molecule has 78 heavy (non-hydrogen) atoms. The van der Waals surface area contributed by atoms with Crippen LogP contribution in [0.3, 0.4) is 0 Å². The highest BCUT2D eigenvalue weighted by atomic mass is 15.0. The van der Waals surface area contributed by atoms with Gasteiger partial charge in [-0.1, -0.05) is 182 Å². The Morgan fingerprint density at radius 3 is 0.846 bits per heavy atom. The summed E-state index contributed by atoms with van der Waals surface area (Å²) in [4.78, 5) is 11.0. The number of hydrogen-bond donors (Lipinski definition) is 0. The van der Waals surface area contributed by atoms with Crippen molar-refractivity contribution in [2.24, 2.45) is 0 Å². The third-order valence-electron chi connectivity index (χ3n) is 15.9. The van der Waals surface area contributed by atoms with Gasteiger partial charge in [-0.2, -0.15) is 0 Å². The lowest BCUT2D eigenvalue weighted by Gasteiger charge is -2.17. The summed E-state index contributed by atoms with van der Waals surface area (Å²) in [7, 11) is 0. The van der Waals surface area contributed by atoms with Gasteiger partial charge in [-0.3, -0.25) is 0 Å². The zero-order valence-corrected chi connectivity index (χ0v) is 44.0. The van der Waals surface area contributed by atoms with Crippen molar-refractivity contribution in [3.8, 4) is 89.8 Å². The van der Waals surface area contributed by atoms with Crippen molar-refractivity contribution in [2.45, 2.75) is 27.7 Å². The molecule has 11 aromatic carbocycles. The predicted molar refractivity (Wildman–Crippen MR) is 328 cm³/mol. The third kappa shape index (κ3) is 8.09. The van der Waals surface area contributed by atoms with Crippen LogP contribution in [0.1, 0.15) is 22.3 Å². The van der Waals surface area contributed by atoms with Gasteiger partial charge >= 0.3 is 0 Å². The minimum atomic E-state index is 0.646. The number of nitrogens with zero attached hydrogens (tertiary/aromatic N) is 4. The van der Waals surface area contributed by atoms with Gasteiger partial charge in [0.05, 0.1) is 33.5 Å². The number of fused-ring (bicyclic) bond motifs is 6. The molecule has 3 aromatic heterocycles. The van der Waals surface area contributed by atoms with Gasteiger partial charge in [-0.25, -0.2) is 9.97 Å². The number of aromatic nitrogens is 4. The molecule has 0 saturated heterocycles. The van der Waals surface area contributed by atoms with Crippen molar-refractivity contribution < 1.29 is 0 Å². The smallest absolute Gasteiger partial charge is 0.160 e. The van der Waals surface area contributed by atoms with Crippen molar-refractivity contribution in [1.82, 2.24) is 19.1 Å². The Morgan fingerprint density at radius 1 is 0.244 bits per heavy atom. The second-order valence-corrected chi connectivity index (χ2v) is 20.8. The van der Waals surface area contributed by atoms with Crippen LogP contribution in [-0.4, -0.2) is 19.1 Å². The van der Waals surface area contributed by atoms with Crippen LogP contribution in [0.25, 0.3) is 133 Å². The highest BCUT2D eigenvalue weighted by molar-refractivity contribution is 6.13. The topological polar surface area (TPSA) is 35.6 Å². The fourth-order valence-corrected chi connectivity index (χ4v) is 11.9. The van der Waals surface area contributed by atoms with Crippen LogP contribution in [0.5, 0.6) is 0 Å². The highest BCUT2D eigenvalue weighted by Crippen LogP contribution is 2.43. The summed E-state index contributed by atoms with van der Waals surface area (Å²) in [6.07, 6.45) is 0. The maximum Gasteiger partial charge on any atom is 0.160 e. The van der Waals surface area contributed by atoms with Crippen LogP contribution in [-0.2, 0) is 0 Å². The molecule has 370 valence electrons. The molecule has 0 aliphatic rings. The van der Waals surface area contributed by atoms with E-state index in [-0.39, 0.29) is 0 Å². The molecule has 0 amide bonds. The summed E-state index contributed by atoms with van der Waals surface area (Å²) in [5.41, 5.74) is 25.8. The molecule has 0 aliphatic heterocycles. The Kier molecular flexibility index (Phi) is 11.4. The summed E-state index contributed by atoms with van der Waals surface area (Å²) in [5, 5.41) is 4.75. The first kappa shape index (κ1) is 46.6. The molecule has 0 radical (unpaired) electrons. The predicted octanol–water partition coefficient (Wildman–Crippen LogP) is 19.6. The standard InChI is InChI=1S/C74H54N4/c1-47-19-11-15-27-60(47)53-31-35-70-64(41-53)65-42-54(61-28-16-12-20-48(61)2)32-36-71(65)77(70)58-39-57(74-75-68(51-23-7-5-8-24-51)46-69(76-74)52-25-9-6-10-26-52)40-59(45-58)78-72-37-33-55(62-29-17-13-21-49(62)3)43-66(72)67-44-56(34-38-73(67)78)63-30-18-14-22-50(63)4/h5-46H,1-4H3. The molecular weight excluding hydrogens is 945 g/mol. The van der Waals surface area contributed by atoms with E-state index in [9.17, 15) is 0 Å². The van der Waals surface area contributed by atoms with E-state index < -0.39 is 0 Å². The van der Waals surface area contributed by atoms with Crippen molar-refractivity contribution >= 4 is 43.6 Å². The van der Waals surface area contributed by atoms with Crippen molar-refractivity contribution in [3.05, 3.63) is 277 Å². The molecule has 0 saturated carbocycles. The monoisotopic (exact) mass is 998 g/mol. The molecular formula is C74H54N4. The molecule has 3 heterocycles. The molecule has 0 aliphatic carbocycles. The van der Waals surface area contributed by atoms with Gasteiger partial charge in [0, 0.05) is 49.6 Å². The summed E-state index contributed by atoms with van der Waals surface area (Å²) in [6, 6.07) is 92.8. The second kappa shape index (κ2) is 19.0. The average molecular weight is 999 g/mol. The molecule has 0 N–H and O–H groups in total. The van der Waals surface area contributed by atoms with Gasteiger partial charge in [0.1, 0.15) is 0 Å². The van der Waals surface area contributed by atoms with Crippen molar-refractivity contribution in [2.75, 3.05) is 0 Å². The number of benzene rings is 11. The molecule has 0 atom stereocenters. The Morgan fingerprint density at radius 2 is 0.538 bits per heavy atom. The van der Waals surface area contributed by atoms with Crippen LogP contribution < -0.4 is 0 Å². The SMILES string of the molecule is Cc1ccccc1-c1ccc2c(c1)c1cc(-c3ccccc3C)ccc1n2-c1cc(-c2nc(-c3ccccc3)cc(-c3ccccc3)n2)cc(-n2c3ccc(-c4ccccc4C)cc3c3cc(-c4ccccc4C)ccc32)c1. The summed E-state index contributed by atoms with van der Waals surface area (Å²) >= 11 is 0. The number of hydrogen-bond acceptors (Lipinski definition) is 2. The van der Waals surface area contributed by atoms with Crippen molar-refractivity contribution in [3.63, 3.8) is 0 Å². The van der Waals surface area contributed by atoms with E-state index in [1.165, 1.54) is 88.3 Å². The zero-order chi connectivity index (χ0) is 52.4. The molecule has 0 bridgehead atoms. The quantitative estimate of drug-likeness (QED) is 0.144. The maximum atomic E-state index is 5.48. The Hall–Kier alpha value is -9.90. The first-order valence-electron chi connectivity index (χ1n) is 26.9. The Labute approximate surface area is 454 Å². The fourth-order valence-electron chi connectivity index (χ4n) is 11.9. The van der Waals surface area contributed by atoms with Gasteiger partial charge in [0.15, 0.2) is 5.82 Å². The van der Waals surface area contributed by atoms with Gasteiger partial charge in [0.2, 0.25) is 0 Å². The van der Waals surface area contributed by atoms with Crippen LogP contribution in [0.4, 0.5) is 0 Å². The molecule has 0 fully saturated rings. The normalized spacial score (nSPS) is 11.6. The molecule has 14 rings (SSSR count). The summed E-state index contributed by atoms with van der Waals surface area (Å²) in [6.45, 7) is 8.80. The lowest BCUT2D eigenvalue weighted by molar-refractivity contribution is 1.12. The minimum Gasteiger partial charge on any atom is -0.309 e. The zero-order valence-electron chi connectivity index (χ0n) is 44.0. The van der Waals surface area contributed by atoms with E-state index >= 15 is 0 Å². The van der Waals surface area contributed by atoms with Crippen LogP contribution in [0.2, 0.25) is 0 Å². The van der Waals surface area contributed by atoms with E-state index in [1.807, 2.05) is 0 Å². The summed E-state index contributed by atoms with van der Waals surface area (Å²) < 4.78 is 4.92. The van der Waals surface area contributed by atoms with Crippen LogP contribution in [0, 0.1) is 27.7 Å². The van der Waals surface area contributed by atoms with E-state index in [1.54, 1.807) is 0 Å². The number of aryl methyl sites for hydroxylation is 4. The molecule has 14 aromatic rings. The maximum absolute atomic E-state index is 5.48. The van der Waals surface area contributed by atoms with E-state index in [0.717, 1.165) is 61.5 Å². The molecule has 4 nitrogen and oxygen atoms in total. The minimum absolute atomic E-state index is 0.646. The van der Waals surface area contributed by atoms with Gasteiger partial charge in [0.25, 0.3) is 0 Å². The molecule has 0 unspecified atom stereocenters. The van der Waals surface area contributed by atoms with E-state index in [4.69, 9.17) is 9.97 Å². The van der Waals surface area contributed by atoms with Crippen LogP contribution in [0.15, 0.2) is 255 Å². The fraction of sp³-hybridized carbons (Fsp3) is 0.0541.